The molecule has 7 aliphatic carbocycles. The van der Waals surface area contributed by atoms with Crippen LogP contribution in [-0.2, 0) is 24.4 Å². The van der Waals surface area contributed by atoms with Crippen molar-refractivity contribution >= 4 is 28.6 Å². The lowest BCUT2D eigenvalue weighted by Crippen LogP contribution is -2.58. The van der Waals surface area contributed by atoms with E-state index in [2.05, 4.69) is 165 Å². The molecular weight excluding hydrogens is 1910 g/mol. The van der Waals surface area contributed by atoms with Gasteiger partial charge in [0.05, 0.1) is 0 Å². The molecule has 150 heavy (non-hydrogen) atoms. The monoisotopic (exact) mass is 2110 g/mol. The van der Waals surface area contributed by atoms with Crippen LogP contribution in [-0.4, -0.2) is 219 Å². The van der Waals surface area contributed by atoms with Crippen molar-refractivity contribution in [2.24, 2.45) is 27.1 Å². The third kappa shape index (κ3) is 27.7. The van der Waals surface area contributed by atoms with Crippen molar-refractivity contribution in [2.75, 3.05) is 105 Å². The van der Waals surface area contributed by atoms with Crippen molar-refractivity contribution in [1.29, 1.82) is 0 Å². The maximum atomic E-state index is 13.1. The summed E-state index contributed by atoms with van der Waals surface area (Å²) in [7, 11) is -5.77. The van der Waals surface area contributed by atoms with Gasteiger partial charge in [0.2, 0.25) is 6.29 Å². The number of likely N-dealkylation sites (tertiary alicyclic amines) is 7. The summed E-state index contributed by atoms with van der Waals surface area (Å²) in [6.45, 7) is 71.1. The summed E-state index contributed by atoms with van der Waals surface area (Å²) in [5.74, 6) is 2.79. The molecule has 0 aromatic heterocycles. The van der Waals surface area contributed by atoms with Crippen LogP contribution >= 0.6 is 0 Å². The first-order chi connectivity index (χ1) is 68.9. The van der Waals surface area contributed by atoms with Crippen LogP contribution in [0.1, 0.15) is 426 Å². The number of alkyl halides is 6. The van der Waals surface area contributed by atoms with E-state index in [1.807, 2.05) is 53.4 Å². The molecule has 1 N–H and O–H groups in total. The number of aryl methyl sites for hydroxylation is 5. The first-order valence-corrected chi connectivity index (χ1v) is 58.6. The van der Waals surface area contributed by atoms with Crippen LogP contribution < -0.4 is 9.50 Å². The Morgan fingerprint density at radius 1 is 0.320 bits per heavy atom. The summed E-state index contributed by atoms with van der Waals surface area (Å²) in [5, 5.41) is 3.50. The van der Waals surface area contributed by atoms with E-state index in [4.69, 9.17) is 18.5 Å². The Labute approximate surface area is 904 Å². The predicted octanol–water partition coefficient (Wildman–Crippen LogP) is 30.2. The number of halogens is 6. The maximum absolute atomic E-state index is 13.1. The van der Waals surface area contributed by atoms with Crippen LogP contribution in [0.2, 0.25) is 0 Å². The van der Waals surface area contributed by atoms with E-state index in [1.165, 1.54) is 305 Å². The Morgan fingerprint density at radius 3 is 0.747 bits per heavy atom. The van der Waals surface area contributed by atoms with E-state index in [0.29, 0.717) is 65.9 Å². The number of benzene rings is 5. The van der Waals surface area contributed by atoms with Gasteiger partial charge in [0.1, 0.15) is 17.0 Å². The number of aldehydes is 1. The summed E-state index contributed by atoms with van der Waals surface area (Å²) in [4.78, 5) is 50.8. The molecule has 8 heterocycles. The second-order valence-corrected chi connectivity index (χ2v) is 53.7. The molecule has 23 heteroatoms. The van der Waals surface area contributed by atoms with Crippen LogP contribution in [0.25, 0.3) is 0 Å². The van der Waals surface area contributed by atoms with Gasteiger partial charge in [-0.1, -0.05) is 65.5 Å². The van der Waals surface area contributed by atoms with Gasteiger partial charge in [-0.25, -0.2) is 9.59 Å². The van der Waals surface area contributed by atoms with E-state index in [1.54, 1.807) is 63.8 Å². The zero-order chi connectivity index (χ0) is 107. The van der Waals surface area contributed by atoms with Crippen LogP contribution in [0.15, 0.2) is 30.3 Å². The summed E-state index contributed by atoms with van der Waals surface area (Å²) >= 11 is 0. The third-order valence-corrected chi connectivity index (χ3v) is 41.8. The summed E-state index contributed by atoms with van der Waals surface area (Å²) in [6.07, 6.45) is 35.4. The van der Waals surface area contributed by atoms with Gasteiger partial charge in [-0.05, 0) is 604 Å². The van der Waals surface area contributed by atoms with Gasteiger partial charge in [-0.3, -0.25) is 4.79 Å². The number of piperidine rings is 5. The van der Waals surface area contributed by atoms with Crippen LogP contribution in [0.3, 0.4) is 0 Å². The molecule has 5 aromatic carbocycles. The fourth-order valence-corrected chi connectivity index (χ4v) is 30.3. The lowest BCUT2D eigenvalue weighted by Gasteiger charge is -2.48. The maximum Gasteiger partial charge on any atom is 0.534 e. The molecule has 0 bridgehead atoms. The normalized spacial score (nSPS) is 24.6. The first kappa shape index (κ1) is 122. The Hall–Kier alpha value is -6.60. The van der Waals surface area contributed by atoms with E-state index < -0.39 is 39.3 Å². The molecule has 5 spiro atoms. The molecular formula is C127H198F6N8O8S. The van der Waals surface area contributed by atoms with Gasteiger partial charge in [-0.15, -0.1) is 0 Å². The Bertz CT molecular complexity index is 5330. The summed E-state index contributed by atoms with van der Waals surface area (Å²) in [5.41, 5.74) is 29.5. The zero-order valence-corrected chi connectivity index (χ0v) is 95.9. The van der Waals surface area contributed by atoms with Crippen LogP contribution in [0.4, 0.5) is 35.9 Å². The van der Waals surface area contributed by atoms with Gasteiger partial charge in [-0.2, -0.15) is 34.8 Å². The molecule has 8 saturated heterocycles. The highest BCUT2D eigenvalue weighted by Gasteiger charge is 2.56. The van der Waals surface area contributed by atoms with E-state index >= 15 is 0 Å². The highest BCUT2D eigenvalue weighted by Crippen LogP contribution is 2.58. The highest BCUT2D eigenvalue weighted by molar-refractivity contribution is 7.88. The number of nitrogens with zero attached hydrogens (tertiary/aromatic N) is 7. The molecule has 20 rings (SSSR count). The van der Waals surface area contributed by atoms with Crippen LogP contribution in [0, 0.1) is 159 Å². The summed E-state index contributed by atoms with van der Waals surface area (Å²) in [6, 6.07) is 15.5. The molecule has 7 saturated carbocycles. The highest BCUT2D eigenvalue weighted by atomic mass is 32.2. The molecule has 8 aliphatic heterocycles. The number of nitrogens with one attached hydrogen (secondary N) is 1. The molecule has 15 aliphatic rings. The summed E-state index contributed by atoms with van der Waals surface area (Å²) < 4.78 is 110. The topological polar surface area (TPSA) is 148 Å². The van der Waals surface area contributed by atoms with Gasteiger partial charge < -0.3 is 53.3 Å². The fraction of sp³-hybridized carbons (Fsp3) is 0.740. The zero-order valence-electron chi connectivity index (χ0n) is 95.0. The molecule has 0 radical (unpaired) electrons. The quantitative estimate of drug-likeness (QED) is 0.0547. The number of rotatable bonds is 12. The second kappa shape index (κ2) is 48.5. The Kier molecular flexibility index (Phi) is 39.4. The lowest BCUT2D eigenvalue weighted by atomic mass is 9.67. The predicted molar refractivity (Wildman–Crippen MR) is 604 cm³/mol. The van der Waals surface area contributed by atoms with Crippen molar-refractivity contribution in [1.82, 2.24) is 39.6 Å². The molecule has 5 atom stereocenters. The number of carbonyl (C=O) groups is 3. The van der Waals surface area contributed by atoms with Crippen molar-refractivity contribution in [3.8, 4) is 5.75 Å². The fourth-order valence-electron chi connectivity index (χ4n) is 29.7. The molecule has 5 aromatic rings. The lowest BCUT2D eigenvalue weighted by molar-refractivity contribution is -0.156. The smallest absolute Gasteiger partial charge is 0.444 e. The standard InChI is InChI=1S/C27H39F3N2O5S.C27H42N2O2.2C23H35N.C22H34N2.C2HF3O.3CH4/c1-17-13-22(23(19(3)18(17)2)37-38(34,35)27(28,29)30)20-8-11-31(12-9-20)21-7-10-26(14-21)15-32(16-26)24(33)36-25(4,5)6;1-18-14-24(21(4)20(3)19(18)2)22-9-12-28(13-10-22)23-8-11-27(15-23)16-29(17-27)25(30)31-26(5,6)7;2*1-16-14-22(19(4)18(3)17(16)2)20-7-12-24(13-8-20)21-6-11-23(15-21)9-5-10-23;1-15-11-21(18(4)17(3)16(15)2)19-6-9-24(10-7-19)20-5-8-22(12-20)13-23-14-22;3-2(4,5)1-6;;;/h13,20-21H,7-12,14-16H2,1-6H3;14,22-23H,8-13,15-17H2,1-7H3;2*14,20-21H,5-13,15H2,1-4H3;11,19-20,23H,5-10,12-14H2,1-4H3;1H;3*1H4/t21-;23-;2*21-;20-;;;;/m11111..../s1. The molecule has 0 unspecified atom stereocenters. The van der Waals surface area contributed by atoms with Crippen molar-refractivity contribution < 1.29 is 62.8 Å². The minimum atomic E-state index is -5.77. The number of hydrogen-bond acceptors (Lipinski definition) is 14. The van der Waals surface area contributed by atoms with Gasteiger partial charge in [0.15, 0.2) is 0 Å². The molecule has 842 valence electrons. The third-order valence-electron chi connectivity index (χ3n) is 40.9. The molecule has 15 fully saturated rings. The number of carbonyl (C=O) groups excluding carboxylic acids is 3. The van der Waals surface area contributed by atoms with Gasteiger partial charge in [0.25, 0.3) is 0 Å². The minimum absolute atomic E-state index is 0. The molecule has 2 amide bonds. The number of hydrogen-bond donors (Lipinski definition) is 1. The van der Waals surface area contributed by atoms with Crippen molar-refractivity contribution in [3.05, 3.63) is 164 Å². The second-order valence-electron chi connectivity index (χ2n) is 52.2. The SMILES string of the molecule is C.C.C.Cc1cc(C2CCN([C@@H]3CCC4(C3)CN(C(=O)OC(C)(C)C)C4)CC2)c(C)c(C)c1C.Cc1cc(C2CCN([C@@H]3CCC4(C3)CN(C(=O)OC(C)(C)C)C4)CC2)c(OS(=O)(=O)C(F)(F)F)c(C)c1C.Cc1cc(C2CCN([C@@H]3CCC4(CCC4)C3)CC2)c(C)c(C)c1C.Cc1cc(C2CCN([C@@H]3CCC4(CCC4)C3)CC2)c(C)c(C)c1C.Cc1cc(C2CCN([C@@H]3CCC4(CNC4)C3)CC2)c(C)c(C)c1C.O=CC(F)(F)F. The average Bonchev–Trinajstić information content (AvgIpc) is 1.57. The Morgan fingerprint density at radius 2 is 0.540 bits per heavy atom. The van der Waals surface area contributed by atoms with Gasteiger partial charge >= 0.3 is 34.0 Å². The first-order valence-electron chi connectivity index (χ1n) is 57.2. The van der Waals surface area contributed by atoms with Crippen molar-refractivity contribution in [2.45, 2.75) is 477 Å². The number of ether oxygens (including phenoxy) is 2. The largest absolute Gasteiger partial charge is 0.534 e. The molecule has 16 nitrogen and oxygen atoms in total. The average molecular weight is 2110 g/mol. The van der Waals surface area contributed by atoms with E-state index in [-0.39, 0.29) is 51.5 Å². The van der Waals surface area contributed by atoms with E-state index in [0.717, 1.165) is 103 Å². The van der Waals surface area contributed by atoms with E-state index in [9.17, 15) is 44.3 Å². The minimum Gasteiger partial charge on any atom is -0.444 e. The van der Waals surface area contributed by atoms with Crippen molar-refractivity contribution in [3.63, 3.8) is 0 Å². The number of amides is 2. The Balaban J connectivity index is 0.000000165. The van der Waals surface area contributed by atoms with Gasteiger partial charge in [0, 0.05) is 80.3 Å². The van der Waals surface area contributed by atoms with Crippen LogP contribution in [0.5, 0.6) is 5.75 Å².